The Morgan fingerprint density at radius 3 is 2.80 bits per heavy atom. The Morgan fingerprint density at radius 2 is 2.13 bits per heavy atom. The molecule has 15 heavy (non-hydrogen) atoms. The summed E-state index contributed by atoms with van der Waals surface area (Å²) in [5.41, 5.74) is 1.56. The maximum atomic E-state index is 11.7. The van der Waals surface area contributed by atoms with Gasteiger partial charge < -0.3 is 14.8 Å². The average Bonchev–Trinajstić information content (AvgIpc) is 2.44. The van der Waals surface area contributed by atoms with E-state index in [0.29, 0.717) is 0 Å². The van der Waals surface area contributed by atoms with Crippen LogP contribution in [0.1, 0.15) is 17.9 Å². The summed E-state index contributed by atoms with van der Waals surface area (Å²) in [7, 11) is 1.65. The quantitative estimate of drug-likeness (QED) is 0.675. The molecule has 1 amide bonds. The highest BCUT2D eigenvalue weighted by molar-refractivity contribution is 6.05. The summed E-state index contributed by atoms with van der Waals surface area (Å²) in [6.07, 6.45) is -0.250. The number of anilines is 1. The highest BCUT2D eigenvalue weighted by Crippen LogP contribution is 2.37. The lowest BCUT2D eigenvalue weighted by atomic mass is 9.97. The molecule has 0 bridgehead atoms. The molecule has 0 aliphatic carbocycles. The monoisotopic (exact) mass is 204 g/mol. The van der Waals surface area contributed by atoms with E-state index in [2.05, 4.69) is 0 Å². The first-order valence-corrected chi connectivity index (χ1v) is 4.67. The molecule has 0 saturated carbocycles. The lowest BCUT2D eigenvalue weighted by Gasteiger charge is -2.11. The largest absolute Gasteiger partial charge is 0.550 e. The van der Waals surface area contributed by atoms with E-state index >= 15 is 0 Å². The number of aliphatic carboxylic acids is 1. The lowest BCUT2D eigenvalue weighted by molar-refractivity contribution is -0.306. The van der Waals surface area contributed by atoms with Crippen molar-refractivity contribution in [3.05, 3.63) is 29.8 Å². The van der Waals surface area contributed by atoms with Crippen molar-refractivity contribution in [3.63, 3.8) is 0 Å². The Labute approximate surface area is 87.1 Å². The Morgan fingerprint density at radius 1 is 1.47 bits per heavy atom. The molecular weight excluding hydrogens is 194 g/mol. The predicted molar refractivity (Wildman–Crippen MR) is 52.2 cm³/mol. The minimum absolute atomic E-state index is 0.180. The highest BCUT2D eigenvalue weighted by Gasteiger charge is 2.34. The van der Waals surface area contributed by atoms with Gasteiger partial charge in [0, 0.05) is 25.1 Å². The Balaban J connectivity index is 2.42. The molecule has 1 atom stereocenters. The molecule has 4 nitrogen and oxygen atoms in total. The van der Waals surface area contributed by atoms with Crippen molar-refractivity contribution in [2.45, 2.75) is 12.3 Å². The topological polar surface area (TPSA) is 60.4 Å². The van der Waals surface area contributed by atoms with Crippen molar-refractivity contribution in [1.82, 2.24) is 0 Å². The number of carbonyl (C=O) groups excluding carboxylic acids is 2. The van der Waals surface area contributed by atoms with Crippen molar-refractivity contribution >= 4 is 17.6 Å². The summed E-state index contributed by atoms with van der Waals surface area (Å²) in [4.78, 5) is 23.8. The number of carboxylic acids is 1. The van der Waals surface area contributed by atoms with Gasteiger partial charge in [0.05, 0.1) is 5.92 Å². The summed E-state index contributed by atoms with van der Waals surface area (Å²) in [6.45, 7) is 0. The molecule has 0 N–H and O–H groups in total. The molecule has 0 aromatic heterocycles. The van der Waals surface area contributed by atoms with Crippen LogP contribution >= 0.6 is 0 Å². The third-order valence-corrected chi connectivity index (χ3v) is 2.67. The fourth-order valence-corrected chi connectivity index (χ4v) is 1.94. The van der Waals surface area contributed by atoms with Gasteiger partial charge in [0.1, 0.15) is 0 Å². The molecule has 1 aromatic rings. The van der Waals surface area contributed by atoms with Gasteiger partial charge in [-0.3, -0.25) is 4.79 Å². The smallest absolute Gasteiger partial charge is 0.234 e. The molecule has 78 valence electrons. The van der Waals surface area contributed by atoms with Crippen LogP contribution in [-0.4, -0.2) is 18.9 Å². The van der Waals surface area contributed by atoms with E-state index in [4.69, 9.17) is 0 Å². The zero-order valence-corrected chi connectivity index (χ0v) is 8.27. The van der Waals surface area contributed by atoms with Crippen molar-refractivity contribution in [2.24, 2.45) is 0 Å². The predicted octanol–water partition coefficient (Wildman–Crippen LogP) is -0.113. The molecule has 1 aliphatic rings. The highest BCUT2D eigenvalue weighted by atomic mass is 16.4. The molecule has 0 unspecified atom stereocenters. The molecule has 1 aliphatic heterocycles. The van der Waals surface area contributed by atoms with Crippen LogP contribution in [-0.2, 0) is 9.59 Å². The molecule has 0 radical (unpaired) electrons. The Bertz CT molecular complexity index is 428. The van der Waals surface area contributed by atoms with Crippen LogP contribution in [0.5, 0.6) is 0 Å². The first-order chi connectivity index (χ1) is 7.11. The fraction of sp³-hybridized carbons (Fsp3) is 0.273. The summed E-state index contributed by atoms with van der Waals surface area (Å²) in [5.74, 6) is -1.96. The second kappa shape index (κ2) is 3.38. The molecule has 0 fully saturated rings. The standard InChI is InChI=1S/C11H11NO3/c1-12-9-5-3-2-4-7(9)8(11(12)15)6-10(13)14/h2-5,8H,6H2,1H3,(H,13,14)/p-1/t8-/m0/s1. The van der Waals surface area contributed by atoms with Crippen LogP contribution in [0.25, 0.3) is 0 Å². The first-order valence-electron chi connectivity index (χ1n) is 4.67. The number of carboxylic acid groups (broad SMARTS) is 1. The van der Waals surface area contributed by atoms with E-state index in [1.54, 1.807) is 19.2 Å². The van der Waals surface area contributed by atoms with E-state index in [1.807, 2.05) is 12.1 Å². The van der Waals surface area contributed by atoms with Gasteiger partial charge in [-0.2, -0.15) is 0 Å². The molecule has 4 heteroatoms. The summed E-state index contributed by atoms with van der Waals surface area (Å²) < 4.78 is 0. The first kappa shape index (κ1) is 9.71. The molecular formula is C11H10NO3-. The number of fused-ring (bicyclic) bond motifs is 1. The van der Waals surface area contributed by atoms with E-state index in [1.165, 1.54) is 4.90 Å². The van der Waals surface area contributed by atoms with E-state index < -0.39 is 11.9 Å². The Kier molecular flexibility index (Phi) is 2.19. The minimum Gasteiger partial charge on any atom is -0.550 e. The number of para-hydroxylation sites is 1. The average molecular weight is 204 g/mol. The number of carbonyl (C=O) groups is 2. The van der Waals surface area contributed by atoms with Crippen molar-refractivity contribution in [1.29, 1.82) is 0 Å². The number of benzene rings is 1. The normalized spacial score (nSPS) is 19.1. The number of hydrogen-bond acceptors (Lipinski definition) is 3. The van der Waals surface area contributed by atoms with Gasteiger partial charge in [0.15, 0.2) is 0 Å². The molecule has 1 aromatic carbocycles. The number of hydrogen-bond donors (Lipinski definition) is 0. The summed E-state index contributed by atoms with van der Waals surface area (Å²) >= 11 is 0. The summed E-state index contributed by atoms with van der Waals surface area (Å²) in [5, 5.41) is 10.5. The van der Waals surface area contributed by atoms with Crippen molar-refractivity contribution in [3.8, 4) is 0 Å². The zero-order chi connectivity index (χ0) is 11.0. The van der Waals surface area contributed by atoms with Crippen LogP contribution in [0.3, 0.4) is 0 Å². The maximum absolute atomic E-state index is 11.7. The second-order valence-corrected chi connectivity index (χ2v) is 3.58. The van der Waals surface area contributed by atoms with E-state index in [-0.39, 0.29) is 12.3 Å². The molecule has 0 spiro atoms. The van der Waals surface area contributed by atoms with Crippen LogP contribution in [0, 0.1) is 0 Å². The van der Waals surface area contributed by atoms with Gasteiger partial charge in [-0.05, 0) is 11.6 Å². The third-order valence-electron chi connectivity index (χ3n) is 2.67. The molecule has 0 saturated heterocycles. The van der Waals surface area contributed by atoms with E-state index in [0.717, 1.165) is 11.3 Å². The number of likely N-dealkylation sites (N-methyl/N-ethyl adjacent to an activating group) is 1. The van der Waals surface area contributed by atoms with Crippen LogP contribution in [0.2, 0.25) is 0 Å². The van der Waals surface area contributed by atoms with Gasteiger partial charge in [0.2, 0.25) is 5.91 Å². The molecule has 1 heterocycles. The zero-order valence-electron chi connectivity index (χ0n) is 8.27. The van der Waals surface area contributed by atoms with Crippen molar-refractivity contribution < 1.29 is 14.7 Å². The van der Waals surface area contributed by atoms with E-state index in [9.17, 15) is 14.7 Å². The second-order valence-electron chi connectivity index (χ2n) is 3.58. The van der Waals surface area contributed by atoms with Crippen molar-refractivity contribution in [2.75, 3.05) is 11.9 Å². The van der Waals surface area contributed by atoms with Crippen LogP contribution in [0.4, 0.5) is 5.69 Å². The Hall–Kier alpha value is -1.84. The van der Waals surface area contributed by atoms with Gasteiger partial charge in [0.25, 0.3) is 0 Å². The lowest BCUT2D eigenvalue weighted by Crippen LogP contribution is -2.30. The van der Waals surface area contributed by atoms with Gasteiger partial charge in [-0.15, -0.1) is 0 Å². The third kappa shape index (κ3) is 1.48. The summed E-state index contributed by atoms with van der Waals surface area (Å²) in [6, 6.07) is 7.21. The van der Waals surface area contributed by atoms with Crippen LogP contribution in [0.15, 0.2) is 24.3 Å². The molecule has 2 rings (SSSR count). The van der Waals surface area contributed by atoms with Gasteiger partial charge >= 0.3 is 0 Å². The number of nitrogens with zero attached hydrogens (tertiary/aromatic N) is 1. The van der Waals surface area contributed by atoms with Gasteiger partial charge in [-0.25, -0.2) is 0 Å². The minimum atomic E-state index is -1.20. The fourth-order valence-electron chi connectivity index (χ4n) is 1.94. The van der Waals surface area contributed by atoms with Gasteiger partial charge in [-0.1, -0.05) is 18.2 Å². The SMILES string of the molecule is CN1C(=O)[C@@H](CC(=O)[O-])c2ccccc21. The number of rotatable bonds is 2. The van der Waals surface area contributed by atoms with Crippen LogP contribution < -0.4 is 10.0 Å². The number of amides is 1. The maximum Gasteiger partial charge on any atom is 0.234 e.